The zero-order valence-corrected chi connectivity index (χ0v) is 9.01. The molecule has 0 aliphatic heterocycles. The van der Waals surface area contributed by atoms with E-state index in [4.69, 9.17) is 4.74 Å². The molecule has 1 aliphatic rings. The van der Waals surface area contributed by atoms with E-state index in [1.807, 2.05) is 7.11 Å². The summed E-state index contributed by atoms with van der Waals surface area (Å²) >= 11 is 0. The van der Waals surface area contributed by atoms with E-state index in [1.165, 1.54) is 38.5 Å². The van der Waals surface area contributed by atoms with Gasteiger partial charge in [0.1, 0.15) is 0 Å². The average molecular weight is 185 g/mol. The lowest BCUT2D eigenvalue weighted by Gasteiger charge is -2.31. The first-order valence-electron chi connectivity index (χ1n) is 5.64. The number of hydrogen-bond acceptors (Lipinski definition) is 2. The Labute approximate surface area is 82.0 Å². The van der Waals surface area contributed by atoms with Crippen LogP contribution in [0.1, 0.15) is 45.4 Å². The molecule has 0 amide bonds. The maximum atomic E-state index is 5.47. The highest BCUT2D eigenvalue weighted by atomic mass is 16.5. The summed E-state index contributed by atoms with van der Waals surface area (Å²) < 4.78 is 5.47. The van der Waals surface area contributed by atoms with Crippen molar-refractivity contribution in [1.29, 1.82) is 0 Å². The summed E-state index contributed by atoms with van der Waals surface area (Å²) in [6.45, 7) is 3.39. The van der Waals surface area contributed by atoms with Crippen LogP contribution in [0, 0.1) is 0 Å². The van der Waals surface area contributed by atoms with Crippen molar-refractivity contribution < 1.29 is 4.74 Å². The molecule has 0 radical (unpaired) electrons. The molecule has 1 saturated carbocycles. The molecule has 1 aliphatic carbocycles. The van der Waals surface area contributed by atoms with Crippen LogP contribution in [-0.4, -0.2) is 25.8 Å². The van der Waals surface area contributed by atoms with E-state index in [9.17, 15) is 0 Å². The minimum Gasteiger partial charge on any atom is -0.380 e. The summed E-state index contributed by atoms with van der Waals surface area (Å²) in [5.74, 6) is 0. The zero-order chi connectivity index (χ0) is 9.52. The first-order valence-corrected chi connectivity index (χ1v) is 5.64. The Bertz CT molecular complexity index is 127. The number of unbranched alkanes of at least 4 members (excludes halogenated alkanes) is 1. The number of nitrogens with one attached hydrogen (secondary N) is 1. The Morgan fingerprint density at radius 3 is 2.77 bits per heavy atom. The smallest absolute Gasteiger partial charge is 0.0724 e. The molecule has 1 N–H and O–H groups in total. The summed E-state index contributed by atoms with van der Waals surface area (Å²) in [4.78, 5) is 0. The summed E-state index contributed by atoms with van der Waals surface area (Å²) in [5.41, 5.74) is 0. The van der Waals surface area contributed by atoms with Crippen LogP contribution in [0.3, 0.4) is 0 Å². The van der Waals surface area contributed by atoms with E-state index in [2.05, 4.69) is 12.2 Å². The van der Waals surface area contributed by atoms with Crippen molar-refractivity contribution in [3.8, 4) is 0 Å². The lowest BCUT2D eigenvalue weighted by Crippen LogP contribution is -2.43. The minimum atomic E-state index is 0.464. The van der Waals surface area contributed by atoms with Crippen molar-refractivity contribution in [1.82, 2.24) is 5.32 Å². The van der Waals surface area contributed by atoms with E-state index in [0.717, 1.165) is 6.54 Å². The van der Waals surface area contributed by atoms with Gasteiger partial charge < -0.3 is 10.1 Å². The van der Waals surface area contributed by atoms with E-state index < -0.39 is 0 Å². The SMILES string of the molecule is CCCCN[C@@H]1CCCC[C@@H]1OC. The molecular formula is C11H23NO. The molecule has 2 heteroatoms. The van der Waals surface area contributed by atoms with Crippen molar-refractivity contribution >= 4 is 0 Å². The second kappa shape index (κ2) is 6.39. The molecule has 0 spiro atoms. The molecule has 2 nitrogen and oxygen atoms in total. The van der Waals surface area contributed by atoms with E-state index in [-0.39, 0.29) is 0 Å². The highest BCUT2D eigenvalue weighted by Gasteiger charge is 2.23. The van der Waals surface area contributed by atoms with Gasteiger partial charge in [-0.2, -0.15) is 0 Å². The fourth-order valence-corrected chi connectivity index (χ4v) is 2.08. The van der Waals surface area contributed by atoms with Gasteiger partial charge >= 0.3 is 0 Å². The lowest BCUT2D eigenvalue weighted by atomic mass is 9.92. The van der Waals surface area contributed by atoms with E-state index in [1.54, 1.807) is 0 Å². The van der Waals surface area contributed by atoms with Crippen molar-refractivity contribution in [3.63, 3.8) is 0 Å². The van der Waals surface area contributed by atoms with Gasteiger partial charge in [0.25, 0.3) is 0 Å². The highest BCUT2D eigenvalue weighted by molar-refractivity contribution is 4.81. The summed E-state index contributed by atoms with van der Waals surface area (Å²) in [5, 5.41) is 3.60. The molecule has 1 fully saturated rings. The summed E-state index contributed by atoms with van der Waals surface area (Å²) in [7, 11) is 1.84. The number of methoxy groups -OCH3 is 1. The van der Waals surface area contributed by atoms with E-state index in [0.29, 0.717) is 12.1 Å². The standard InChI is InChI=1S/C11H23NO/c1-3-4-9-12-10-7-5-6-8-11(10)13-2/h10-12H,3-9H2,1-2H3/t10-,11+/m1/s1. The van der Waals surface area contributed by atoms with Crippen LogP contribution >= 0.6 is 0 Å². The molecule has 13 heavy (non-hydrogen) atoms. The van der Waals surface area contributed by atoms with Gasteiger partial charge in [0.2, 0.25) is 0 Å². The quantitative estimate of drug-likeness (QED) is 0.664. The normalized spacial score (nSPS) is 29.1. The van der Waals surface area contributed by atoms with Gasteiger partial charge in [0.15, 0.2) is 0 Å². The maximum absolute atomic E-state index is 5.47. The van der Waals surface area contributed by atoms with Crippen molar-refractivity contribution in [2.75, 3.05) is 13.7 Å². The molecular weight excluding hydrogens is 162 g/mol. The molecule has 0 bridgehead atoms. The van der Waals surface area contributed by atoms with Gasteiger partial charge in [-0.15, -0.1) is 0 Å². The summed E-state index contributed by atoms with van der Waals surface area (Å²) in [6.07, 6.45) is 8.26. The topological polar surface area (TPSA) is 21.3 Å². The monoisotopic (exact) mass is 185 g/mol. The summed E-state index contributed by atoms with van der Waals surface area (Å²) in [6, 6.07) is 0.616. The van der Waals surface area contributed by atoms with Gasteiger partial charge in [-0.1, -0.05) is 26.2 Å². The Hall–Kier alpha value is -0.0800. The van der Waals surface area contributed by atoms with Crippen LogP contribution in [0.25, 0.3) is 0 Å². The lowest BCUT2D eigenvalue weighted by molar-refractivity contribution is 0.0419. The maximum Gasteiger partial charge on any atom is 0.0724 e. The molecule has 0 aromatic rings. The fourth-order valence-electron chi connectivity index (χ4n) is 2.08. The van der Waals surface area contributed by atoms with E-state index >= 15 is 0 Å². The molecule has 0 aromatic carbocycles. The van der Waals surface area contributed by atoms with Crippen LogP contribution < -0.4 is 5.32 Å². The largest absolute Gasteiger partial charge is 0.380 e. The van der Waals surface area contributed by atoms with Crippen molar-refractivity contribution in [2.24, 2.45) is 0 Å². The molecule has 0 saturated heterocycles. The average Bonchev–Trinajstić information content (AvgIpc) is 2.19. The Balaban J connectivity index is 2.19. The predicted octanol–water partition coefficient (Wildman–Crippen LogP) is 2.33. The van der Waals surface area contributed by atoms with Crippen LogP contribution in [0.4, 0.5) is 0 Å². The molecule has 78 valence electrons. The van der Waals surface area contributed by atoms with Gasteiger partial charge in [0.05, 0.1) is 6.10 Å². The third-order valence-electron chi connectivity index (χ3n) is 2.94. The molecule has 2 atom stereocenters. The second-order valence-electron chi connectivity index (χ2n) is 3.97. The number of rotatable bonds is 5. The first kappa shape index (κ1) is 11.0. The Kier molecular flexibility index (Phi) is 5.40. The molecule has 1 rings (SSSR count). The van der Waals surface area contributed by atoms with Gasteiger partial charge in [-0.3, -0.25) is 0 Å². The van der Waals surface area contributed by atoms with Crippen LogP contribution in [-0.2, 0) is 4.74 Å². The van der Waals surface area contributed by atoms with Crippen LogP contribution in [0.5, 0.6) is 0 Å². The van der Waals surface area contributed by atoms with Crippen LogP contribution in [0.2, 0.25) is 0 Å². The molecule has 0 heterocycles. The fraction of sp³-hybridized carbons (Fsp3) is 1.00. The molecule has 0 aromatic heterocycles. The van der Waals surface area contributed by atoms with Crippen molar-refractivity contribution in [3.05, 3.63) is 0 Å². The van der Waals surface area contributed by atoms with Crippen LogP contribution in [0.15, 0.2) is 0 Å². The number of ether oxygens (including phenoxy) is 1. The Morgan fingerprint density at radius 2 is 2.08 bits per heavy atom. The number of hydrogen-bond donors (Lipinski definition) is 1. The minimum absolute atomic E-state index is 0.464. The third-order valence-corrected chi connectivity index (χ3v) is 2.94. The first-order chi connectivity index (χ1) is 6.38. The third kappa shape index (κ3) is 3.65. The molecule has 0 unspecified atom stereocenters. The van der Waals surface area contributed by atoms with Gasteiger partial charge in [-0.05, 0) is 25.8 Å². The second-order valence-corrected chi connectivity index (χ2v) is 3.97. The van der Waals surface area contributed by atoms with Gasteiger partial charge in [-0.25, -0.2) is 0 Å². The Morgan fingerprint density at radius 1 is 1.31 bits per heavy atom. The zero-order valence-electron chi connectivity index (χ0n) is 9.01. The predicted molar refractivity (Wildman–Crippen MR) is 56.0 cm³/mol. The highest BCUT2D eigenvalue weighted by Crippen LogP contribution is 2.20. The van der Waals surface area contributed by atoms with Gasteiger partial charge in [0, 0.05) is 13.2 Å². The van der Waals surface area contributed by atoms with Crippen molar-refractivity contribution in [2.45, 2.75) is 57.6 Å².